The van der Waals surface area contributed by atoms with E-state index >= 15 is 0 Å². The lowest BCUT2D eigenvalue weighted by Gasteiger charge is -2.10. The highest BCUT2D eigenvalue weighted by molar-refractivity contribution is 7.99. The molecule has 3 rings (SSSR count). The number of aromatic amines is 1. The molecule has 0 bridgehead atoms. The number of benzene rings is 1. The van der Waals surface area contributed by atoms with E-state index in [0.29, 0.717) is 5.22 Å². The smallest absolute Gasteiger partial charge is 0.257 e. The first kappa shape index (κ1) is 13.7. The number of carbonyl (C=O) groups excluding carboxylic acids is 1. The Morgan fingerprint density at radius 1 is 1.48 bits per heavy atom. The normalized spacial score (nSPS) is 12.4. The minimum absolute atomic E-state index is 0.0732. The van der Waals surface area contributed by atoms with Crippen molar-refractivity contribution in [2.75, 3.05) is 5.75 Å². The standard InChI is InChI=1S/C14H14N4O2S/c1-9(10-6-15-16-7-10)17-13(19)8-21-14-18-11-4-2-3-5-12(11)20-14/h2-7,9H,8H2,1H3,(H,15,16)(H,17,19). The van der Waals surface area contributed by atoms with Crippen molar-refractivity contribution < 1.29 is 9.21 Å². The number of amides is 1. The van der Waals surface area contributed by atoms with E-state index in [0.717, 1.165) is 16.7 Å². The number of aromatic nitrogens is 3. The van der Waals surface area contributed by atoms with Gasteiger partial charge in [-0.1, -0.05) is 23.9 Å². The van der Waals surface area contributed by atoms with Gasteiger partial charge in [0.1, 0.15) is 5.52 Å². The fraction of sp³-hybridized carbons (Fsp3) is 0.214. The first-order valence-corrected chi connectivity index (χ1v) is 7.47. The fourth-order valence-corrected chi connectivity index (χ4v) is 2.55. The van der Waals surface area contributed by atoms with E-state index in [9.17, 15) is 4.79 Å². The van der Waals surface area contributed by atoms with Crippen molar-refractivity contribution >= 4 is 28.8 Å². The third-order valence-electron chi connectivity index (χ3n) is 3.00. The zero-order chi connectivity index (χ0) is 14.7. The quantitative estimate of drug-likeness (QED) is 0.708. The van der Waals surface area contributed by atoms with Gasteiger partial charge in [-0.2, -0.15) is 5.10 Å². The molecule has 1 aromatic carbocycles. The van der Waals surface area contributed by atoms with Crippen LogP contribution in [0.4, 0.5) is 0 Å². The van der Waals surface area contributed by atoms with Gasteiger partial charge in [0, 0.05) is 11.8 Å². The van der Waals surface area contributed by atoms with Crippen LogP contribution in [0.5, 0.6) is 0 Å². The number of thioether (sulfide) groups is 1. The van der Waals surface area contributed by atoms with Gasteiger partial charge in [-0.3, -0.25) is 9.89 Å². The molecule has 3 aromatic rings. The van der Waals surface area contributed by atoms with Crippen molar-refractivity contribution in [2.24, 2.45) is 0 Å². The van der Waals surface area contributed by atoms with Crippen LogP contribution < -0.4 is 5.32 Å². The largest absolute Gasteiger partial charge is 0.431 e. The van der Waals surface area contributed by atoms with E-state index in [2.05, 4.69) is 20.5 Å². The first-order chi connectivity index (χ1) is 10.2. The molecule has 0 fully saturated rings. The second-order valence-electron chi connectivity index (χ2n) is 4.56. The lowest BCUT2D eigenvalue weighted by Crippen LogP contribution is -2.27. The molecule has 0 saturated heterocycles. The fourth-order valence-electron chi connectivity index (χ4n) is 1.90. The molecule has 2 aromatic heterocycles. The number of hydrogen-bond donors (Lipinski definition) is 2. The Morgan fingerprint density at radius 2 is 2.33 bits per heavy atom. The molecule has 0 aliphatic rings. The molecule has 0 radical (unpaired) electrons. The molecule has 0 aliphatic carbocycles. The van der Waals surface area contributed by atoms with Crippen LogP contribution in [-0.4, -0.2) is 26.8 Å². The van der Waals surface area contributed by atoms with Crippen LogP contribution in [0.1, 0.15) is 18.5 Å². The van der Waals surface area contributed by atoms with E-state index in [1.165, 1.54) is 11.8 Å². The Balaban J connectivity index is 1.56. The Morgan fingerprint density at radius 3 is 3.10 bits per heavy atom. The number of oxazole rings is 1. The van der Waals surface area contributed by atoms with Crippen molar-refractivity contribution in [3.05, 3.63) is 42.2 Å². The van der Waals surface area contributed by atoms with E-state index < -0.39 is 0 Å². The molecular formula is C14H14N4O2S. The minimum atomic E-state index is -0.0829. The van der Waals surface area contributed by atoms with E-state index in [1.807, 2.05) is 31.2 Å². The van der Waals surface area contributed by atoms with Crippen LogP contribution in [0.3, 0.4) is 0 Å². The van der Waals surface area contributed by atoms with E-state index in [1.54, 1.807) is 12.4 Å². The van der Waals surface area contributed by atoms with E-state index in [4.69, 9.17) is 4.42 Å². The molecule has 7 heteroatoms. The van der Waals surface area contributed by atoms with Gasteiger partial charge in [0.05, 0.1) is 18.0 Å². The summed E-state index contributed by atoms with van der Waals surface area (Å²) in [7, 11) is 0. The number of nitrogens with zero attached hydrogens (tertiary/aromatic N) is 2. The number of carbonyl (C=O) groups is 1. The van der Waals surface area contributed by atoms with Crippen molar-refractivity contribution in [1.82, 2.24) is 20.5 Å². The summed E-state index contributed by atoms with van der Waals surface area (Å²) in [6, 6.07) is 7.44. The molecular weight excluding hydrogens is 288 g/mol. The van der Waals surface area contributed by atoms with E-state index in [-0.39, 0.29) is 17.7 Å². The number of nitrogens with one attached hydrogen (secondary N) is 2. The highest BCUT2D eigenvalue weighted by atomic mass is 32.2. The average molecular weight is 302 g/mol. The number of rotatable bonds is 5. The van der Waals surface area contributed by atoms with Crippen LogP contribution in [0.25, 0.3) is 11.1 Å². The first-order valence-electron chi connectivity index (χ1n) is 6.49. The molecule has 21 heavy (non-hydrogen) atoms. The third kappa shape index (κ3) is 3.25. The SMILES string of the molecule is CC(NC(=O)CSc1nc2ccccc2o1)c1cn[nH]c1. The van der Waals surface area contributed by atoms with Crippen LogP contribution >= 0.6 is 11.8 Å². The molecule has 0 aliphatic heterocycles. The zero-order valence-corrected chi connectivity index (χ0v) is 12.2. The van der Waals surface area contributed by atoms with Crippen molar-refractivity contribution in [2.45, 2.75) is 18.2 Å². The summed E-state index contributed by atoms with van der Waals surface area (Å²) >= 11 is 1.28. The molecule has 2 N–H and O–H groups in total. The lowest BCUT2D eigenvalue weighted by atomic mass is 10.2. The molecule has 0 saturated carbocycles. The predicted octanol–water partition coefficient (Wildman–Crippen LogP) is 2.52. The highest BCUT2D eigenvalue weighted by Gasteiger charge is 2.12. The van der Waals surface area contributed by atoms with Gasteiger partial charge in [-0.05, 0) is 19.1 Å². The third-order valence-corrected chi connectivity index (χ3v) is 3.83. The van der Waals surface area contributed by atoms with Gasteiger partial charge in [0.2, 0.25) is 5.91 Å². The summed E-state index contributed by atoms with van der Waals surface area (Å²) in [6.45, 7) is 1.91. The summed E-state index contributed by atoms with van der Waals surface area (Å²) in [5.74, 6) is 0.186. The number of H-pyrrole nitrogens is 1. The predicted molar refractivity (Wildman–Crippen MR) is 79.9 cm³/mol. The minimum Gasteiger partial charge on any atom is -0.431 e. The maximum absolute atomic E-state index is 11.9. The Hall–Kier alpha value is -2.28. The molecule has 1 atom stereocenters. The van der Waals surface area contributed by atoms with Gasteiger partial charge in [-0.25, -0.2) is 4.98 Å². The van der Waals surface area contributed by atoms with Gasteiger partial charge < -0.3 is 9.73 Å². The molecule has 1 amide bonds. The molecule has 2 heterocycles. The summed E-state index contributed by atoms with van der Waals surface area (Å²) < 4.78 is 5.55. The second kappa shape index (κ2) is 6.01. The van der Waals surface area contributed by atoms with Gasteiger partial charge in [-0.15, -0.1) is 0 Å². The highest BCUT2D eigenvalue weighted by Crippen LogP contribution is 2.23. The monoisotopic (exact) mass is 302 g/mol. The zero-order valence-electron chi connectivity index (χ0n) is 11.4. The summed E-state index contributed by atoms with van der Waals surface area (Å²) in [6.07, 6.45) is 3.46. The van der Waals surface area contributed by atoms with Gasteiger partial charge in [0.25, 0.3) is 5.22 Å². The number of para-hydroxylation sites is 2. The average Bonchev–Trinajstić information content (AvgIpc) is 3.14. The van der Waals surface area contributed by atoms with Crippen LogP contribution in [0.2, 0.25) is 0 Å². The summed E-state index contributed by atoms with van der Waals surface area (Å²) in [5, 5.41) is 9.99. The number of hydrogen-bond acceptors (Lipinski definition) is 5. The maximum Gasteiger partial charge on any atom is 0.257 e. The van der Waals surface area contributed by atoms with Gasteiger partial charge in [0.15, 0.2) is 5.58 Å². The summed E-state index contributed by atoms with van der Waals surface area (Å²) in [4.78, 5) is 16.2. The van der Waals surface area contributed by atoms with Gasteiger partial charge >= 0.3 is 0 Å². The lowest BCUT2D eigenvalue weighted by molar-refractivity contribution is -0.119. The summed E-state index contributed by atoms with van der Waals surface area (Å²) in [5.41, 5.74) is 2.47. The van der Waals surface area contributed by atoms with Crippen molar-refractivity contribution in [1.29, 1.82) is 0 Å². The molecule has 6 nitrogen and oxygen atoms in total. The molecule has 1 unspecified atom stereocenters. The number of fused-ring (bicyclic) bond motifs is 1. The Kier molecular flexibility index (Phi) is 3.92. The van der Waals surface area contributed by atoms with Crippen LogP contribution in [-0.2, 0) is 4.79 Å². The Bertz CT molecular complexity index is 705. The Labute approximate surface area is 125 Å². The molecule has 108 valence electrons. The molecule has 0 spiro atoms. The van der Waals surface area contributed by atoms with Crippen LogP contribution in [0.15, 0.2) is 46.3 Å². The maximum atomic E-state index is 11.9. The van der Waals surface area contributed by atoms with Crippen molar-refractivity contribution in [3.8, 4) is 0 Å². The van der Waals surface area contributed by atoms with Crippen LogP contribution in [0, 0.1) is 0 Å². The second-order valence-corrected chi connectivity index (χ2v) is 5.48. The van der Waals surface area contributed by atoms with Crippen molar-refractivity contribution in [3.63, 3.8) is 0 Å². The topological polar surface area (TPSA) is 83.8 Å².